The topological polar surface area (TPSA) is 199 Å². The van der Waals surface area contributed by atoms with E-state index in [0.717, 1.165) is 25.8 Å². The number of carboxylic acids is 1. The molecule has 0 unspecified atom stereocenters. The van der Waals surface area contributed by atoms with E-state index in [0.29, 0.717) is 35.5 Å². The standard InChI is InChI=1S/C37H55N7O8S/c1-8-23(4)32(42-34(48)28-11-9-10-16-43(28)5)36(49)44(6)29(22(2)3)18-30(52-7)35-41-27(20-53-35)33(47)40-26(37(50)51)17-24-12-14-25(15-13-24)39-31(46)19-38-21-45/h12-15,20-23,26,28-30,32H,8-11,16-19H2,1-7H3,(H,38,45)(H,39,46)(H,40,47)(H,42,48)(H,50,51)/t23-,26-,28+,29+,30+,32-/m0/s1. The van der Waals surface area contributed by atoms with E-state index in [2.05, 4.69) is 26.3 Å². The third-order valence-corrected chi connectivity index (χ3v) is 10.8. The van der Waals surface area contributed by atoms with E-state index >= 15 is 0 Å². The normalized spacial score (nSPS) is 17.5. The Hall–Kier alpha value is -4.41. The van der Waals surface area contributed by atoms with E-state index in [4.69, 9.17) is 4.74 Å². The van der Waals surface area contributed by atoms with Crippen LogP contribution in [0.25, 0.3) is 0 Å². The van der Waals surface area contributed by atoms with Gasteiger partial charge in [0.1, 0.15) is 28.9 Å². The molecule has 292 valence electrons. The number of anilines is 1. The summed E-state index contributed by atoms with van der Waals surface area (Å²) in [5.41, 5.74) is 1.11. The number of thiazole rings is 1. The number of rotatable bonds is 20. The van der Waals surface area contributed by atoms with Crippen LogP contribution in [0.2, 0.25) is 0 Å². The summed E-state index contributed by atoms with van der Waals surface area (Å²) >= 11 is 1.21. The number of aromatic nitrogens is 1. The van der Waals surface area contributed by atoms with Gasteiger partial charge in [0.15, 0.2) is 0 Å². The monoisotopic (exact) mass is 757 g/mol. The molecule has 5 amide bonds. The first-order chi connectivity index (χ1) is 25.2. The fraction of sp³-hybridized carbons (Fsp3) is 0.595. The van der Waals surface area contributed by atoms with Gasteiger partial charge in [-0.05, 0) is 56.0 Å². The molecular formula is C37H55N7O8S. The number of piperidine rings is 1. The number of nitrogens with zero attached hydrogens (tertiary/aromatic N) is 3. The lowest BCUT2D eigenvalue weighted by Crippen LogP contribution is -2.58. The number of methoxy groups -OCH3 is 1. The molecule has 53 heavy (non-hydrogen) atoms. The first-order valence-electron chi connectivity index (χ1n) is 18.1. The highest BCUT2D eigenvalue weighted by atomic mass is 32.1. The molecule has 15 nitrogen and oxygen atoms in total. The Labute approximate surface area is 315 Å². The summed E-state index contributed by atoms with van der Waals surface area (Å²) in [5.74, 6) is -2.69. The molecule has 1 saturated heterocycles. The third-order valence-electron chi connectivity index (χ3n) is 9.86. The minimum Gasteiger partial charge on any atom is -0.480 e. The van der Waals surface area contributed by atoms with Crippen molar-refractivity contribution in [3.63, 3.8) is 0 Å². The number of carbonyl (C=O) groups is 6. The summed E-state index contributed by atoms with van der Waals surface area (Å²) in [6, 6.07) is 3.96. The van der Waals surface area contributed by atoms with Crippen LogP contribution >= 0.6 is 11.3 Å². The van der Waals surface area contributed by atoms with E-state index < -0.39 is 36.0 Å². The molecule has 1 aromatic heterocycles. The Morgan fingerprint density at radius 2 is 1.81 bits per heavy atom. The van der Waals surface area contributed by atoms with Gasteiger partial charge >= 0.3 is 5.97 Å². The van der Waals surface area contributed by atoms with E-state index in [1.54, 1.807) is 41.6 Å². The fourth-order valence-corrected chi connectivity index (χ4v) is 7.28. The zero-order chi connectivity index (χ0) is 39.2. The van der Waals surface area contributed by atoms with Gasteiger partial charge in [0.05, 0.1) is 12.6 Å². The van der Waals surface area contributed by atoms with Crippen molar-refractivity contribution in [2.24, 2.45) is 11.8 Å². The predicted molar refractivity (Wildman–Crippen MR) is 201 cm³/mol. The number of carboxylic acid groups (broad SMARTS) is 1. The smallest absolute Gasteiger partial charge is 0.326 e. The maximum atomic E-state index is 14.1. The Kier molecular flexibility index (Phi) is 16.8. The van der Waals surface area contributed by atoms with Crippen molar-refractivity contribution < 1.29 is 38.6 Å². The van der Waals surface area contributed by atoms with Crippen LogP contribution in [0.1, 0.15) is 87.0 Å². The average molecular weight is 758 g/mol. The first-order valence-corrected chi connectivity index (χ1v) is 18.9. The van der Waals surface area contributed by atoms with Gasteiger partial charge in [0, 0.05) is 44.1 Å². The first kappa shape index (κ1) is 43.0. The highest BCUT2D eigenvalue weighted by Crippen LogP contribution is 2.30. The molecule has 2 aromatic rings. The maximum Gasteiger partial charge on any atom is 0.326 e. The number of nitrogens with one attached hydrogen (secondary N) is 4. The molecule has 1 aliphatic heterocycles. The number of aliphatic carboxylic acids is 1. The number of ether oxygens (including phenoxy) is 1. The van der Waals surface area contributed by atoms with E-state index in [9.17, 15) is 33.9 Å². The molecule has 5 N–H and O–H groups in total. The molecular weight excluding hydrogens is 703 g/mol. The molecule has 6 atom stereocenters. The van der Waals surface area contributed by atoms with Gasteiger partial charge in [-0.15, -0.1) is 11.3 Å². The van der Waals surface area contributed by atoms with Crippen molar-refractivity contribution >= 4 is 53.0 Å². The average Bonchev–Trinajstić information content (AvgIpc) is 3.63. The number of benzene rings is 1. The van der Waals surface area contributed by atoms with Crippen LogP contribution in [0, 0.1) is 11.8 Å². The number of carbonyl (C=O) groups excluding carboxylic acids is 5. The second kappa shape index (κ2) is 20.7. The summed E-state index contributed by atoms with van der Waals surface area (Å²) in [5, 5.41) is 22.4. The van der Waals surface area contributed by atoms with Crippen LogP contribution in [0.3, 0.4) is 0 Å². The zero-order valence-corrected chi connectivity index (χ0v) is 32.5. The SMILES string of the molecule is CC[C@H](C)[C@H](NC(=O)[C@H]1CCCCN1C)C(=O)N(C)[C@H](C[C@@H](OC)c1nc(C(=O)N[C@@H](Cc2ccc(NC(=O)CNC=O)cc2)C(=O)O)cs1)C(C)C. The molecule has 3 rings (SSSR count). The molecule has 0 bridgehead atoms. The van der Waals surface area contributed by atoms with Crippen molar-refractivity contribution in [1.82, 2.24) is 30.7 Å². The molecule has 16 heteroatoms. The number of likely N-dealkylation sites (N-methyl/N-ethyl adjacent to an activating group) is 2. The second-order valence-electron chi connectivity index (χ2n) is 14.0. The molecule has 0 aliphatic carbocycles. The van der Waals surface area contributed by atoms with Crippen LogP contribution in [-0.4, -0.2) is 114 Å². The molecule has 1 fully saturated rings. The summed E-state index contributed by atoms with van der Waals surface area (Å²) in [7, 11) is 5.23. The molecule has 1 aliphatic rings. The van der Waals surface area contributed by atoms with Gasteiger partial charge in [-0.3, -0.25) is 28.9 Å². The highest BCUT2D eigenvalue weighted by Gasteiger charge is 2.37. The molecule has 0 saturated carbocycles. The van der Waals surface area contributed by atoms with E-state index in [-0.39, 0.29) is 54.4 Å². The van der Waals surface area contributed by atoms with Crippen LogP contribution < -0.4 is 21.3 Å². The van der Waals surface area contributed by atoms with Gasteiger partial charge in [0.2, 0.25) is 24.1 Å². The molecule has 0 radical (unpaired) electrons. The number of likely N-dealkylation sites (tertiary alicyclic amines) is 1. The van der Waals surface area contributed by atoms with Crippen LogP contribution in [0.15, 0.2) is 29.6 Å². The Morgan fingerprint density at radius 1 is 1.11 bits per heavy atom. The van der Waals surface area contributed by atoms with Crippen molar-refractivity contribution in [3.05, 3.63) is 45.9 Å². The largest absolute Gasteiger partial charge is 0.480 e. The molecule has 0 spiro atoms. The van der Waals surface area contributed by atoms with Gasteiger partial charge in [-0.1, -0.05) is 52.7 Å². The highest BCUT2D eigenvalue weighted by molar-refractivity contribution is 7.09. The number of amides is 5. The zero-order valence-electron chi connectivity index (χ0n) is 31.7. The van der Waals surface area contributed by atoms with Crippen molar-refractivity contribution in [2.75, 3.05) is 39.6 Å². The lowest BCUT2D eigenvalue weighted by molar-refractivity contribution is -0.141. The molecule has 2 heterocycles. The minimum absolute atomic E-state index is 0.0169. The quantitative estimate of drug-likeness (QED) is 0.125. The molecule has 1 aromatic carbocycles. The van der Waals surface area contributed by atoms with E-state index in [1.807, 2.05) is 39.6 Å². The summed E-state index contributed by atoms with van der Waals surface area (Å²) in [6.45, 7) is 8.65. The Bertz CT molecular complexity index is 1550. The van der Waals surface area contributed by atoms with Gasteiger partial charge in [-0.2, -0.15) is 0 Å². The van der Waals surface area contributed by atoms with Crippen LogP contribution in [-0.2, 0) is 35.1 Å². The lowest BCUT2D eigenvalue weighted by Gasteiger charge is -2.38. The Morgan fingerprint density at radius 3 is 2.40 bits per heavy atom. The van der Waals surface area contributed by atoms with Crippen molar-refractivity contribution in [1.29, 1.82) is 0 Å². The third kappa shape index (κ3) is 12.3. The Balaban J connectivity index is 1.69. The number of hydrogen-bond acceptors (Lipinski definition) is 10. The van der Waals surface area contributed by atoms with Crippen LogP contribution in [0.5, 0.6) is 0 Å². The van der Waals surface area contributed by atoms with Gasteiger partial charge in [-0.25, -0.2) is 9.78 Å². The van der Waals surface area contributed by atoms with Crippen molar-refractivity contribution in [2.45, 2.75) is 96.5 Å². The maximum absolute atomic E-state index is 14.1. The number of hydrogen-bond donors (Lipinski definition) is 5. The van der Waals surface area contributed by atoms with E-state index in [1.165, 1.54) is 18.4 Å². The second-order valence-corrected chi connectivity index (χ2v) is 14.9. The minimum atomic E-state index is -1.26. The summed E-state index contributed by atoms with van der Waals surface area (Å²) < 4.78 is 5.84. The van der Waals surface area contributed by atoms with Gasteiger partial charge < -0.3 is 36.0 Å². The fourth-order valence-electron chi connectivity index (χ4n) is 6.39. The summed E-state index contributed by atoms with van der Waals surface area (Å²) in [6.07, 6.45) is 3.69. The van der Waals surface area contributed by atoms with Crippen molar-refractivity contribution in [3.8, 4) is 0 Å². The predicted octanol–water partition coefficient (Wildman–Crippen LogP) is 2.83. The van der Waals surface area contributed by atoms with Crippen LogP contribution in [0.4, 0.5) is 5.69 Å². The van der Waals surface area contributed by atoms with Gasteiger partial charge in [0.25, 0.3) is 5.91 Å². The summed E-state index contributed by atoms with van der Waals surface area (Å²) in [4.78, 5) is 83.2. The lowest BCUT2D eigenvalue weighted by atomic mass is 9.92.